The number of nitrogens with one attached hydrogen (secondary N) is 2. The molecule has 9 heteroatoms. The number of hydrogen-bond acceptors (Lipinski definition) is 7. The Morgan fingerprint density at radius 1 is 0.919 bits per heavy atom. The fourth-order valence-electron chi connectivity index (χ4n) is 3.43. The standard InChI is InChI=1S/C28H25N3O6/c1-2-35-28(34)22-9-5-8-21(14-22)25-13-12-24(37-25)16-30-31-26(32)17-29-27(33)18-36-23-11-10-19-6-3-4-7-20(19)15-23/h3-16H,2,17-18H2,1H3,(H,29,33)(H,31,32)/b30-16-. The summed E-state index contributed by atoms with van der Waals surface area (Å²) >= 11 is 0. The fourth-order valence-corrected chi connectivity index (χ4v) is 3.43. The van der Waals surface area contributed by atoms with Crippen molar-refractivity contribution in [3.8, 4) is 17.1 Å². The molecule has 37 heavy (non-hydrogen) atoms. The van der Waals surface area contributed by atoms with Gasteiger partial charge in [0.15, 0.2) is 6.61 Å². The van der Waals surface area contributed by atoms with Gasteiger partial charge in [0.05, 0.1) is 24.9 Å². The van der Waals surface area contributed by atoms with Crippen LogP contribution in [0.5, 0.6) is 5.75 Å². The zero-order valence-electron chi connectivity index (χ0n) is 20.1. The van der Waals surface area contributed by atoms with E-state index in [4.69, 9.17) is 13.9 Å². The molecular weight excluding hydrogens is 474 g/mol. The van der Waals surface area contributed by atoms with Gasteiger partial charge in [-0.2, -0.15) is 5.10 Å². The van der Waals surface area contributed by atoms with E-state index in [2.05, 4.69) is 15.8 Å². The van der Waals surface area contributed by atoms with Crippen LogP contribution in [0.25, 0.3) is 22.1 Å². The Bertz CT molecular complexity index is 1440. The molecule has 1 heterocycles. The molecule has 0 aliphatic heterocycles. The Balaban J connectivity index is 1.21. The molecule has 0 saturated carbocycles. The third-order valence-electron chi connectivity index (χ3n) is 5.20. The summed E-state index contributed by atoms with van der Waals surface area (Å²) in [6, 6.07) is 23.6. The lowest BCUT2D eigenvalue weighted by Crippen LogP contribution is -2.37. The maximum absolute atomic E-state index is 12.0. The number of rotatable bonds is 10. The molecule has 0 radical (unpaired) electrons. The minimum absolute atomic E-state index is 0.221. The van der Waals surface area contributed by atoms with Crippen LogP contribution >= 0.6 is 0 Å². The van der Waals surface area contributed by atoms with E-state index >= 15 is 0 Å². The quantitative estimate of drug-likeness (QED) is 0.194. The number of carbonyl (C=O) groups is 3. The van der Waals surface area contributed by atoms with E-state index in [9.17, 15) is 14.4 Å². The van der Waals surface area contributed by atoms with E-state index < -0.39 is 17.8 Å². The van der Waals surface area contributed by atoms with Crippen LogP contribution in [-0.4, -0.2) is 43.8 Å². The van der Waals surface area contributed by atoms with Crippen molar-refractivity contribution in [1.82, 2.24) is 10.7 Å². The van der Waals surface area contributed by atoms with Gasteiger partial charge in [0.1, 0.15) is 17.3 Å². The molecule has 9 nitrogen and oxygen atoms in total. The second-order valence-electron chi connectivity index (χ2n) is 7.87. The number of hydrogen-bond donors (Lipinski definition) is 2. The van der Waals surface area contributed by atoms with Gasteiger partial charge in [0, 0.05) is 5.56 Å². The average Bonchev–Trinajstić information content (AvgIpc) is 3.40. The maximum atomic E-state index is 12.0. The van der Waals surface area contributed by atoms with Crippen LogP contribution in [0.2, 0.25) is 0 Å². The van der Waals surface area contributed by atoms with E-state index in [1.807, 2.05) is 36.4 Å². The molecule has 0 fully saturated rings. The van der Waals surface area contributed by atoms with Gasteiger partial charge >= 0.3 is 5.97 Å². The molecule has 2 N–H and O–H groups in total. The molecule has 0 bridgehead atoms. The highest BCUT2D eigenvalue weighted by Crippen LogP contribution is 2.23. The largest absolute Gasteiger partial charge is 0.484 e. The highest BCUT2D eigenvalue weighted by atomic mass is 16.5. The highest BCUT2D eigenvalue weighted by molar-refractivity contribution is 5.91. The van der Waals surface area contributed by atoms with Crippen molar-refractivity contribution in [3.63, 3.8) is 0 Å². The predicted molar refractivity (Wildman–Crippen MR) is 138 cm³/mol. The molecule has 2 amide bonds. The van der Waals surface area contributed by atoms with Crippen LogP contribution in [0.1, 0.15) is 23.0 Å². The van der Waals surface area contributed by atoms with Gasteiger partial charge in [0.2, 0.25) is 0 Å². The molecule has 4 rings (SSSR count). The van der Waals surface area contributed by atoms with Crippen molar-refractivity contribution < 1.29 is 28.3 Å². The lowest BCUT2D eigenvalue weighted by Gasteiger charge is -2.08. The molecule has 0 spiro atoms. The van der Waals surface area contributed by atoms with Gasteiger partial charge in [0.25, 0.3) is 11.8 Å². The van der Waals surface area contributed by atoms with Crippen LogP contribution in [0.4, 0.5) is 0 Å². The van der Waals surface area contributed by atoms with E-state index in [-0.39, 0.29) is 13.2 Å². The SMILES string of the molecule is CCOC(=O)c1cccc(-c2ccc(/C=N\NC(=O)CNC(=O)COc3ccc4ccccc4c3)o2)c1. The van der Waals surface area contributed by atoms with E-state index in [0.29, 0.717) is 35.0 Å². The minimum atomic E-state index is -0.510. The lowest BCUT2D eigenvalue weighted by atomic mass is 10.1. The molecule has 1 aromatic heterocycles. The van der Waals surface area contributed by atoms with Crippen molar-refractivity contribution in [2.45, 2.75) is 6.92 Å². The van der Waals surface area contributed by atoms with Gasteiger partial charge in [-0.25, -0.2) is 10.2 Å². The summed E-state index contributed by atoms with van der Waals surface area (Å²) in [4.78, 5) is 35.9. The van der Waals surface area contributed by atoms with E-state index in [1.165, 1.54) is 6.21 Å². The molecule has 3 aromatic carbocycles. The molecule has 0 aliphatic rings. The summed E-state index contributed by atoms with van der Waals surface area (Å²) in [6.07, 6.45) is 1.33. The Morgan fingerprint density at radius 3 is 2.59 bits per heavy atom. The zero-order valence-corrected chi connectivity index (χ0v) is 20.1. The molecule has 188 valence electrons. The van der Waals surface area contributed by atoms with Crippen LogP contribution in [0.3, 0.4) is 0 Å². The first kappa shape index (κ1) is 25.2. The first-order chi connectivity index (χ1) is 18.0. The molecule has 0 atom stereocenters. The zero-order chi connectivity index (χ0) is 26.0. The third-order valence-corrected chi connectivity index (χ3v) is 5.20. The van der Waals surface area contributed by atoms with Gasteiger partial charge < -0.3 is 19.2 Å². The van der Waals surface area contributed by atoms with Crippen LogP contribution in [0, 0.1) is 0 Å². The van der Waals surface area contributed by atoms with E-state index in [1.54, 1.807) is 49.4 Å². The van der Waals surface area contributed by atoms with Gasteiger partial charge in [-0.1, -0.05) is 42.5 Å². The molecule has 0 saturated heterocycles. The number of furan rings is 1. The maximum Gasteiger partial charge on any atom is 0.338 e. The lowest BCUT2D eigenvalue weighted by molar-refractivity contribution is -0.127. The summed E-state index contributed by atoms with van der Waals surface area (Å²) in [7, 11) is 0. The topological polar surface area (TPSA) is 119 Å². The summed E-state index contributed by atoms with van der Waals surface area (Å²) < 4.78 is 16.2. The number of esters is 1. The van der Waals surface area contributed by atoms with Gasteiger partial charge in [-0.05, 0) is 54.1 Å². The first-order valence-electron chi connectivity index (χ1n) is 11.6. The normalized spacial score (nSPS) is 10.8. The van der Waals surface area contributed by atoms with Crippen molar-refractivity contribution in [2.24, 2.45) is 5.10 Å². The summed E-state index contributed by atoms with van der Waals surface area (Å²) in [5.74, 6) is 0.126. The number of carbonyl (C=O) groups excluding carboxylic acids is 3. The monoisotopic (exact) mass is 499 g/mol. The Kier molecular flexibility index (Phi) is 8.28. The summed E-state index contributed by atoms with van der Waals surface area (Å²) in [5.41, 5.74) is 3.44. The van der Waals surface area contributed by atoms with Gasteiger partial charge in [-0.3, -0.25) is 9.59 Å². The Labute approximate surface area is 213 Å². The van der Waals surface area contributed by atoms with Gasteiger partial charge in [-0.15, -0.1) is 0 Å². The number of fused-ring (bicyclic) bond motifs is 1. The van der Waals surface area contributed by atoms with E-state index in [0.717, 1.165) is 10.8 Å². The Morgan fingerprint density at radius 2 is 1.76 bits per heavy atom. The minimum Gasteiger partial charge on any atom is -0.484 e. The molecule has 4 aromatic rings. The fraction of sp³-hybridized carbons (Fsp3) is 0.143. The summed E-state index contributed by atoms with van der Waals surface area (Å²) in [6.45, 7) is 1.55. The number of hydrazone groups is 1. The Hall–Kier alpha value is -4.92. The molecular formula is C28H25N3O6. The van der Waals surface area contributed by atoms with Crippen molar-refractivity contribution in [2.75, 3.05) is 19.8 Å². The second kappa shape index (κ2) is 12.2. The second-order valence-corrected chi connectivity index (χ2v) is 7.87. The first-order valence-corrected chi connectivity index (χ1v) is 11.6. The number of ether oxygens (including phenoxy) is 2. The predicted octanol–water partition coefficient (Wildman–Crippen LogP) is 3.92. The third kappa shape index (κ3) is 7.04. The van der Waals surface area contributed by atoms with Crippen molar-refractivity contribution in [3.05, 3.63) is 90.2 Å². The molecule has 0 aliphatic carbocycles. The average molecular weight is 500 g/mol. The van der Waals surface area contributed by atoms with Crippen molar-refractivity contribution >= 4 is 34.8 Å². The number of benzene rings is 3. The van der Waals surface area contributed by atoms with Crippen LogP contribution in [0.15, 0.2) is 88.4 Å². The summed E-state index contributed by atoms with van der Waals surface area (Å²) in [5, 5.41) is 8.40. The molecule has 0 unspecified atom stereocenters. The van der Waals surface area contributed by atoms with Crippen LogP contribution < -0.4 is 15.5 Å². The smallest absolute Gasteiger partial charge is 0.338 e. The van der Waals surface area contributed by atoms with Crippen molar-refractivity contribution in [1.29, 1.82) is 0 Å². The highest BCUT2D eigenvalue weighted by Gasteiger charge is 2.10. The number of nitrogens with zero attached hydrogens (tertiary/aromatic N) is 1. The van der Waals surface area contributed by atoms with Crippen LogP contribution in [-0.2, 0) is 14.3 Å². The number of amides is 2.